The number of aliphatic hydroxyl groups excluding tert-OH is 1. The van der Waals surface area contributed by atoms with E-state index in [1.54, 1.807) is 24.3 Å². The number of amides is 1. The number of aromatic nitrogens is 1. The number of carbonyl (C=O) groups is 2. The molecule has 1 amide bonds. The average Bonchev–Trinajstić information content (AvgIpc) is 3.57. The molecule has 0 spiro atoms. The molecule has 6 rings (SSSR count). The summed E-state index contributed by atoms with van der Waals surface area (Å²) in [5, 5.41) is 16.1. The van der Waals surface area contributed by atoms with E-state index in [0.717, 1.165) is 20.3 Å². The summed E-state index contributed by atoms with van der Waals surface area (Å²) < 4.78 is 0.809. The van der Waals surface area contributed by atoms with Crippen LogP contribution in [0.25, 0.3) is 26.7 Å². The number of aliphatic hydroxyl groups is 1. The van der Waals surface area contributed by atoms with Crippen molar-refractivity contribution in [2.24, 2.45) is 0 Å². The fourth-order valence-electron chi connectivity index (χ4n) is 4.23. The van der Waals surface area contributed by atoms with Gasteiger partial charge >= 0.3 is 5.91 Å². The van der Waals surface area contributed by atoms with Crippen LogP contribution in [0, 0.1) is 0 Å². The van der Waals surface area contributed by atoms with Gasteiger partial charge in [0.2, 0.25) is 0 Å². The third kappa shape index (κ3) is 3.32. The maximum atomic E-state index is 13.3. The molecule has 166 valence electrons. The molecule has 0 aliphatic carbocycles. The van der Waals surface area contributed by atoms with E-state index >= 15 is 0 Å². The SMILES string of the molecule is O=C1C(=O)N(c2nc3ccc(Cl)cc3s2)C(c2cccs2)/C1=C(\O)c1ccc2ccccc2c1. The minimum absolute atomic E-state index is 0.0556. The van der Waals surface area contributed by atoms with Crippen LogP contribution in [0.1, 0.15) is 16.5 Å². The largest absolute Gasteiger partial charge is 0.507 e. The lowest BCUT2D eigenvalue weighted by Crippen LogP contribution is -2.28. The molecule has 1 N–H and O–H groups in total. The van der Waals surface area contributed by atoms with E-state index in [1.807, 2.05) is 53.9 Å². The molecular formula is C26H15ClN2O3S2. The Morgan fingerprint density at radius 2 is 1.79 bits per heavy atom. The van der Waals surface area contributed by atoms with Crippen LogP contribution in [0.15, 0.2) is 83.7 Å². The van der Waals surface area contributed by atoms with Gasteiger partial charge in [-0.1, -0.05) is 65.4 Å². The van der Waals surface area contributed by atoms with E-state index in [2.05, 4.69) is 4.98 Å². The normalized spacial score (nSPS) is 17.8. The van der Waals surface area contributed by atoms with Gasteiger partial charge in [-0.3, -0.25) is 14.5 Å². The number of thiazole rings is 1. The summed E-state index contributed by atoms with van der Waals surface area (Å²) in [5.74, 6) is -1.65. The number of benzene rings is 3. The smallest absolute Gasteiger partial charge is 0.301 e. The molecule has 1 atom stereocenters. The van der Waals surface area contributed by atoms with Crippen molar-refractivity contribution >= 4 is 77.8 Å². The third-order valence-electron chi connectivity index (χ3n) is 5.83. The van der Waals surface area contributed by atoms with Crippen LogP contribution < -0.4 is 4.90 Å². The van der Waals surface area contributed by atoms with E-state index in [1.165, 1.54) is 27.6 Å². The zero-order chi connectivity index (χ0) is 23.4. The van der Waals surface area contributed by atoms with Crippen molar-refractivity contribution in [3.8, 4) is 0 Å². The fraction of sp³-hybridized carbons (Fsp3) is 0.0385. The van der Waals surface area contributed by atoms with Gasteiger partial charge in [-0.15, -0.1) is 11.3 Å². The first-order valence-corrected chi connectivity index (χ1v) is 12.5. The molecule has 1 aliphatic rings. The number of Topliss-reactive ketones (excluding diaryl/α,β-unsaturated/α-hetero) is 1. The zero-order valence-corrected chi connectivity index (χ0v) is 19.8. The highest BCUT2D eigenvalue weighted by atomic mass is 35.5. The van der Waals surface area contributed by atoms with Gasteiger partial charge in [-0.25, -0.2) is 4.98 Å². The molecule has 1 aliphatic heterocycles. The first kappa shape index (κ1) is 21.0. The monoisotopic (exact) mass is 502 g/mol. The summed E-state index contributed by atoms with van der Waals surface area (Å²) in [6, 6.07) is 21.5. The van der Waals surface area contributed by atoms with Gasteiger partial charge < -0.3 is 5.11 Å². The summed E-state index contributed by atoms with van der Waals surface area (Å²) in [5.41, 5.74) is 1.22. The van der Waals surface area contributed by atoms with Gasteiger partial charge in [0.25, 0.3) is 5.78 Å². The lowest BCUT2D eigenvalue weighted by atomic mass is 9.98. The molecule has 1 saturated heterocycles. The van der Waals surface area contributed by atoms with Crippen LogP contribution >= 0.6 is 34.3 Å². The van der Waals surface area contributed by atoms with E-state index in [0.29, 0.717) is 21.2 Å². The number of carbonyl (C=O) groups excluding carboxylic acids is 2. The summed E-state index contributed by atoms with van der Waals surface area (Å²) in [4.78, 5) is 33.3. The Labute approximate surface area is 207 Å². The summed E-state index contributed by atoms with van der Waals surface area (Å²) in [6.07, 6.45) is 0. The second-order valence-corrected chi connectivity index (χ2v) is 10.3. The van der Waals surface area contributed by atoms with Crippen molar-refractivity contribution < 1.29 is 14.7 Å². The fourth-order valence-corrected chi connectivity index (χ4v) is 6.32. The molecule has 34 heavy (non-hydrogen) atoms. The topological polar surface area (TPSA) is 70.5 Å². The Hall–Kier alpha value is -3.52. The molecule has 5 aromatic rings. The standard InChI is InChI=1S/C26H15ClN2O3S2/c27-17-9-10-18-20(13-17)34-26(28-18)29-22(19-6-3-11-33-19)21(24(31)25(29)32)23(30)16-8-7-14-4-1-2-5-15(14)12-16/h1-13,22,30H/b23-21+. The van der Waals surface area contributed by atoms with Gasteiger partial charge in [0, 0.05) is 15.5 Å². The Morgan fingerprint density at radius 3 is 2.59 bits per heavy atom. The first-order valence-electron chi connectivity index (χ1n) is 10.4. The molecule has 3 aromatic carbocycles. The molecule has 5 nitrogen and oxygen atoms in total. The van der Waals surface area contributed by atoms with Crippen molar-refractivity contribution in [2.75, 3.05) is 4.90 Å². The van der Waals surface area contributed by atoms with E-state index in [9.17, 15) is 14.7 Å². The number of ketones is 1. The summed E-state index contributed by atoms with van der Waals surface area (Å²) in [6.45, 7) is 0. The van der Waals surface area contributed by atoms with Crippen LogP contribution in [-0.2, 0) is 9.59 Å². The Morgan fingerprint density at radius 1 is 0.971 bits per heavy atom. The van der Waals surface area contributed by atoms with Gasteiger partial charge in [-0.05, 0) is 46.5 Å². The quantitative estimate of drug-likeness (QED) is 0.167. The van der Waals surface area contributed by atoms with Crippen molar-refractivity contribution in [3.05, 3.63) is 99.2 Å². The Bertz CT molecular complexity index is 1640. The molecule has 0 bridgehead atoms. The van der Waals surface area contributed by atoms with E-state index in [-0.39, 0.29) is 11.3 Å². The lowest BCUT2D eigenvalue weighted by molar-refractivity contribution is -0.132. The summed E-state index contributed by atoms with van der Waals surface area (Å²) >= 11 is 8.83. The second-order valence-electron chi connectivity index (χ2n) is 7.85. The third-order valence-corrected chi connectivity index (χ3v) is 8.00. The number of thiophene rings is 1. The van der Waals surface area contributed by atoms with Crippen molar-refractivity contribution in [1.82, 2.24) is 4.98 Å². The Kier molecular flexibility index (Phi) is 4.99. The van der Waals surface area contributed by atoms with Crippen LogP contribution in [0.4, 0.5) is 5.13 Å². The number of rotatable bonds is 3. The molecular weight excluding hydrogens is 488 g/mol. The van der Waals surface area contributed by atoms with Crippen LogP contribution in [0.2, 0.25) is 5.02 Å². The number of hydrogen-bond acceptors (Lipinski definition) is 6. The molecule has 2 aromatic heterocycles. The van der Waals surface area contributed by atoms with Crippen LogP contribution in [0.3, 0.4) is 0 Å². The number of halogens is 1. The van der Waals surface area contributed by atoms with Crippen LogP contribution in [0.5, 0.6) is 0 Å². The van der Waals surface area contributed by atoms with Crippen molar-refractivity contribution in [3.63, 3.8) is 0 Å². The summed E-state index contributed by atoms with van der Waals surface area (Å²) in [7, 11) is 0. The highest BCUT2D eigenvalue weighted by molar-refractivity contribution is 7.22. The molecule has 3 heterocycles. The second kappa shape index (κ2) is 8.06. The predicted octanol–water partition coefficient (Wildman–Crippen LogP) is 6.79. The minimum atomic E-state index is -0.775. The number of hydrogen-bond donors (Lipinski definition) is 1. The minimum Gasteiger partial charge on any atom is -0.507 e. The van der Waals surface area contributed by atoms with Gasteiger partial charge in [0.05, 0.1) is 15.8 Å². The van der Waals surface area contributed by atoms with Crippen molar-refractivity contribution in [2.45, 2.75) is 6.04 Å². The molecule has 0 saturated carbocycles. The zero-order valence-electron chi connectivity index (χ0n) is 17.4. The molecule has 1 unspecified atom stereocenters. The first-order chi connectivity index (χ1) is 16.5. The maximum Gasteiger partial charge on any atom is 0.301 e. The van der Waals surface area contributed by atoms with Gasteiger partial charge in [-0.2, -0.15) is 0 Å². The highest BCUT2D eigenvalue weighted by Crippen LogP contribution is 2.45. The van der Waals surface area contributed by atoms with E-state index < -0.39 is 17.7 Å². The molecule has 1 fully saturated rings. The van der Waals surface area contributed by atoms with Gasteiger partial charge in [0.15, 0.2) is 5.13 Å². The predicted molar refractivity (Wildman–Crippen MR) is 138 cm³/mol. The van der Waals surface area contributed by atoms with Gasteiger partial charge in [0.1, 0.15) is 11.8 Å². The average molecular weight is 503 g/mol. The van der Waals surface area contributed by atoms with E-state index in [4.69, 9.17) is 11.6 Å². The Balaban J connectivity index is 1.55. The molecule has 8 heteroatoms. The van der Waals surface area contributed by atoms with Crippen molar-refractivity contribution in [1.29, 1.82) is 0 Å². The highest BCUT2D eigenvalue weighted by Gasteiger charge is 2.48. The number of nitrogens with zero attached hydrogens (tertiary/aromatic N) is 2. The van der Waals surface area contributed by atoms with Crippen LogP contribution in [-0.4, -0.2) is 21.8 Å². The molecule has 0 radical (unpaired) electrons. The number of anilines is 1. The number of fused-ring (bicyclic) bond motifs is 2. The maximum absolute atomic E-state index is 13.3. The lowest BCUT2D eigenvalue weighted by Gasteiger charge is -2.21.